The Labute approximate surface area is 144 Å². The van der Waals surface area contributed by atoms with Crippen molar-refractivity contribution >= 4 is 28.3 Å². The predicted octanol–water partition coefficient (Wildman–Crippen LogP) is 3.39. The number of fused-ring (bicyclic) bond motifs is 1. The van der Waals surface area contributed by atoms with Crippen LogP contribution in [0.2, 0.25) is 0 Å². The van der Waals surface area contributed by atoms with E-state index in [0.717, 1.165) is 21.7 Å². The molecule has 1 amide bonds. The Hall–Kier alpha value is -2.25. The standard InChI is InChI=1S/C17H20N4O2S/c1-4-23-11(2)16-20-13(9-24-16)8-21(3)17(22)12-5-6-14-15(7-12)19-10-18-14/h5-7,9-11H,4,8H2,1-3H3,(H,18,19)/t11-/m1/s1. The first-order valence-corrected chi connectivity index (χ1v) is 8.71. The smallest absolute Gasteiger partial charge is 0.254 e. The molecule has 24 heavy (non-hydrogen) atoms. The third-order valence-corrected chi connectivity index (χ3v) is 4.80. The van der Waals surface area contributed by atoms with Crippen molar-refractivity contribution in [2.24, 2.45) is 0 Å². The molecule has 0 aliphatic heterocycles. The fraction of sp³-hybridized carbons (Fsp3) is 0.353. The van der Waals surface area contributed by atoms with Crippen LogP contribution in [0.25, 0.3) is 11.0 Å². The van der Waals surface area contributed by atoms with Crippen LogP contribution in [-0.2, 0) is 11.3 Å². The molecule has 0 saturated carbocycles. The van der Waals surface area contributed by atoms with Crippen LogP contribution in [0, 0.1) is 0 Å². The van der Waals surface area contributed by atoms with Gasteiger partial charge in [-0.1, -0.05) is 0 Å². The lowest BCUT2D eigenvalue weighted by Crippen LogP contribution is -2.26. The monoisotopic (exact) mass is 344 g/mol. The number of thiazole rings is 1. The molecule has 0 fully saturated rings. The lowest BCUT2D eigenvalue weighted by molar-refractivity contribution is 0.0756. The molecule has 2 heterocycles. The minimum atomic E-state index is -0.0427. The van der Waals surface area contributed by atoms with Crippen molar-refractivity contribution < 1.29 is 9.53 Å². The number of carbonyl (C=O) groups is 1. The molecule has 0 aliphatic rings. The number of hydrogen-bond donors (Lipinski definition) is 1. The zero-order chi connectivity index (χ0) is 17.1. The van der Waals surface area contributed by atoms with E-state index in [2.05, 4.69) is 15.0 Å². The molecule has 0 spiro atoms. The summed E-state index contributed by atoms with van der Waals surface area (Å²) >= 11 is 1.56. The van der Waals surface area contributed by atoms with Gasteiger partial charge in [-0.25, -0.2) is 9.97 Å². The van der Waals surface area contributed by atoms with Gasteiger partial charge in [0.15, 0.2) is 0 Å². The summed E-state index contributed by atoms with van der Waals surface area (Å²) in [4.78, 5) is 26.0. The molecule has 2 aromatic heterocycles. The molecule has 0 unspecified atom stereocenters. The minimum Gasteiger partial charge on any atom is -0.372 e. The summed E-state index contributed by atoms with van der Waals surface area (Å²) in [7, 11) is 1.78. The second kappa shape index (κ2) is 7.11. The fourth-order valence-corrected chi connectivity index (χ4v) is 3.32. The second-order valence-corrected chi connectivity index (χ2v) is 6.46. The van der Waals surface area contributed by atoms with E-state index in [1.165, 1.54) is 0 Å². The van der Waals surface area contributed by atoms with Crippen molar-refractivity contribution in [3.63, 3.8) is 0 Å². The van der Waals surface area contributed by atoms with Crippen LogP contribution in [0.4, 0.5) is 0 Å². The Bertz CT molecular complexity index is 842. The van der Waals surface area contributed by atoms with Crippen molar-refractivity contribution in [1.82, 2.24) is 19.9 Å². The highest BCUT2D eigenvalue weighted by molar-refractivity contribution is 7.09. The average Bonchev–Trinajstić information content (AvgIpc) is 3.22. The molecule has 1 atom stereocenters. The Kier molecular flexibility index (Phi) is 4.92. The number of carbonyl (C=O) groups excluding carboxylic acids is 1. The van der Waals surface area contributed by atoms with Gasteiger partial charge < -0.3 is 14.6 Å². The molecule has 0 bridgehead atoms. The van der Waals surface area contributed by atoms with Crippen LogP contribution >= 0.6 is 11.3 Å². The quantitative estimate of drug-likeness (QED) is 0.744. The van der Waals surface area contributed by atoms with E-state index >= 15 is 0 Å². The molecule has 3 rings (SSSR count). The number of benzene rings is 1. The van der Waals surface area contributed by atoms with Crippen LogP contribution in [0.3, 0.4) is 0 Å². The van der Waals surface area contributed by atoms with Crippen LogP contribution in [0.15, 0.2) is 29.9 Å². The molecule has 7 heteroatoms. The highest BCUT2D eigenvalue weighted by Crippen LogP contribution is 2.22. The van der Waals surface area contributed by atoms with Crippen LogP contribution in [-0.4, -0.2) is 39.4 Å². The number of nitrogens with zero attached hydrogens (tertiary/aromatic N) is 3. The van der Waals surface area contributed by atoms with Crippen LogP contribution in [0.5, 0.6) is 0 Å². The molecule has 1 N–H and O–H groups in total. The molecular weight excluding hydrogens is 324 g/mol. The van der Waals surface area contributed by atoms with Gasteiger partial charge in [-0.3, -0.25) is 4.79 Å². The van der Waals surface area contributed by atoms with E-state index < -0.39 is 0 Å². The number of ether oxygens (including phenoxy) is 1. The zero-order valence-electron chi connectivity index (χ0n) is 13.9. The Morgan fingerprint density at radius 2 is 2.29 bits per heavy atom. The summed E-state index contributed by atoms with van der Waals surface area (Å²) in [5.74, 6) is -0.0427. The maximum absolute atomic E-state index is 12.6. The largest absolute Gasteiger partial charge is 0.372 e. The normalized spacial score (nSPS) is 12.5. The number of rotatable bonds is 6. The lowest BCUT2D eigenvalue weighted by Gasteiger charge is -2.16. The minimum absolute atomic E-state index is 0.0162. The van der Waals surface area contributed by atoms with Gasteiger partial charge in [-0.15, -0.1) is 11.3 Å². The first-order valence-electron chi connectivity index (χ1n) is 7.83. The van der Waals surface area contributed by atoms with E-state index in [-0.39, 0.29) is 12.0 Å². The van der Waals surface area contributed by atoms with Gasteiger partial charge in [0.25, 0.3) is 5.91 Å². The summed E-state index contributed by atoms with van der Waals surface area (Å²) in [6, 6.07) is 5.47. The lowest BCUT2D eigenvalue weighted by atomic mass is 10.2. The van der Waals surface area contributed by atoms with Crippen molar-refractivity contribution in [3.8, 4) is 0 Å². The Morgan fingerprint density at radius 1 is 1.46 bits per heavy atom. The summed E-state index contributed by atoms with van der Waals surface area (Å²) in [5, 5.41) is 2.92. The van der Waals surface area contributed by atoms with Crippen molar-refractivity contribution in [2.75, 3.05) is 13.7 Å². The third-order valence-electron chi connectivity index (χ3n) is 3.75. The second-order valence-electron chi connectivity index (χ2n) is 5.57. The SMILES string of the molecule is CCO[C@H](C)c1nc(CN(C)C(=O)c2ccc3nc[nH]c3c2)cs1. The number of hydrogen-bond acceptors (Lipinski definition) is 5. The maximum Gasteiger partial charge on any atom is 0.254 e. The first-order chi connectivity index (χ1) is 11.6. The Morgan fingerprint density at radius 3 is 3.08 bits per heavy atom. The predicted molar refractivity (Wildman–Crippen MR) is 94.0 cm³/mol. The van der Waals surface area contributed by atoms with Gasteiger partial charge in [-0.05, 0) is 32.0 Å². The number of nitrogens with one attached hydrogen (secondary N) is 1. The van der Waals surface area contributed by atoms with Gasteiger partial charge in [0.2, 0.25) is 0 Å². The zero-order valence-corrected chi connectivity index (χ0v) is 14.8. The van der Waals surface area contributed by atoms with E-state index in [1.807, 2.05) is 31.4 Å². The molecule has 1 aromatic carbocycles. The molecule has 3 aromatic rings. The van der Waals surface area contributed by atoms with Crippen LogP contribution in [0.1, 0.15) is 41.0 Å². The Balaban J connectivity index is 1.69. The summed E-state index contributed by atoms with van der Waals surface area (Å²) < 4.78 is 5.55. The van der Waals surface area contributed by atoms with Gasteiger partial charge in [-0.2, -0.15) is 0 Å². The van der Waals surface area contributed by atoms with E-state index in [9.17, 15) is 4.79 Å². The molecular formula is C17H20N4O2S. The fourth-order valence-electron chi connectivity index (χ4n) is 2.51. The van der Waals surface area contributed by atoms with Gasteiger partial charge >= 0.3 is 0 Å². The number of aromatic nitrogens is 3. The average molecular weight is 344 g/mol. The van der Waals surface area contributed by atoms with Gasteiger partial charge in [0, 0.05) is 24.6 Å². The molecule has 0 aliphatic carbocycles. The van der Waals surface area contributed by atoms with Gasteiger partial charge in [0.05, 0.1) is 29.6 Å². The third kappa shape index (κ3) is 3.47. The molecule has 126 valence electrons. The van der Waals surface area contributed by atoms with E-state index in [4.69, 9.17) is 4.74 Å². The van der Waals surface area contributed by atoms with Crippen LogP contribution < -0.4 is 0 Å². The first kappa shape index (κ1) is 16.6. The summed E-state index contributed by atoms with van der Waals surface area (Å²) in [5.41, 5.74) is 3.21. The van der Waals surface area contributed by atoms with Crippen molar-refractivity contribution in [1.29, 1.82) is 0 Å². The van der Waals surface area contributed by atoms with Crippen molar-refractivity contribution in [2.45, 2.75) is 26.5 Å². The highest BCUT2D eigenvalue weighted by Gasteiger charge is 2.16. The summed E-state index contributed by atoms with van der Waals surface area (Å²) in [6.45, 7) is 5.08. The number of aromatic amines is 1. The highest BCUT2D eigenvalue weighted by atomic mass is 32.1. The van der Waals surface area contributed by atoms with Crippen molar-refractivity contribution in [3.05, 3.63) is 46.2 Å². The number of H-pyrrole nitrogens is 1. The molecule has 0 radical (unpaired) electrons. The number of amides is 1. The van der Waals surface area contributed by atoms with E-state index in [1.54, 1.807) is 35.7 Å². The topological polar surface area (TPSA) is 71.1 Å². The van der Waals surface area contributed by atoms with Gasteiger partial charge in [0.1, 0.15) is 11.1 Å². The van der Waals surface area contributed by atoms with E-state index in [0.29, 0.717) is 18.7 Å². The molecule has 6 nitrogen and oxygen atoms in total. The maximum atomic E-state index is 12.6. The molecule has 0 saturated heterocycles. The number of imidazole rings is 1. The summed E-state index contributed by atoms with van der Waals surface area (Å²) in [6.07, 6.45) is 1.61.